The minimum absolute atomic E-state index is 0.637. The Labute approximate surface area is 539 Å². The Bertz CT molecular complexity index is 6160. The molecule has 8 heteroatoms. The molecule has 19 rings (SSSR count). The van der Waals surface area contributed by atoms with Gasteiger partial charge in [0.15, 0.2) is 11.6 Å². The summed E-state index contributed by atoms with van der Waals surface area (Å²) in [5.41, 5.74) is 22.9. The van der Waals surface area contributed by atoms with Crippen molar-refractivity contribution in [3.8, 4) is 96.0 Å². The highest BCUT2D eigenvalue weighted by molar-refractivity contribution is 6.20. The molecular formula is C86H53N7O. The Balaban J connectivity index is 0.726. The maximum atomic E-state index is 6.52. The van der Waals surface area contributed by atoms with E-state index in [9.17, 15) is 0 Å². The van der Waals surface area contributed by atoms with Gasteiger partial charge >= 0.3 is 0 Å². The van der Waals surface area contributed by atoms with E-state index in [2.05, 4.69) is 293 Å². The fourth-order valence-corrected chi connectivity index (χ4v) is 14.4. The second kappa shape index (κ2) is 21.4. The van der Waals surface area contributed by atoms with Crippen LogP contribution in [0.1, 0.15) is 0 Å². The first-order valence-electron chi connectivity index (χ1n) is 31.8. The molecule has 0 atom stereocenters. The molecule has 8 nitrogen and oxygen atoms in total. The Hall–Kier alpha value is -12.8. The number of benzene rings is 13. The topological polar surface area (TPSA) is 79.5 Å². The van der Waals surface area contributed by atoms with Crippen molar-refractivity contribution in [2.45, 2.75) is 0 Å². The van der Waals surface area contributed by atoms with Crippen molar-refractivity contribution in [2.24, 2.45) is 0 Å². The van der Waals surface area contributed by atoms with E-state index in [4.69, 9.17) is 24.4 Å². The highest BCUT2D eigenvalue weighted by atomic mass is 16.3. The summed E-state index contributed by atoms with van der Waals surface area (Å²) < 4.78 is 13.7. The fourth-order valence-electron chi connectivity index (χ4n) is 14.4. The molecule has 0 saturated carbocycles. The maximum Gasteiger partial charge on any atom is 0.160 e. The summed E-state index contributed by atoms with van der Waals surface area (Å²) in [4.78, 5) is 21.4. The van der Waals surface area contributed by atoms with E-state index in [-0.39, 0.29) is 0 Å². The maximum absolute atomic E-state index is 6.52. The Morgan fingerprint density at radius 3 is 1.20 bits per heavy atom. The molecule has 94 heavy (non-hydrogen) atoms. The highest BCUT2D eigenvalue weighted by Gasteiger charge is 2.24. The van der Waals surface area contributed by atoms with E-state index in [1.54, 1.807) is 0 Å². The number of hydrogen-bond acceptors (Lipinski definition) is 5. The van der Waals surface area contributed by atoms with Crippen LogP contribution in [-0.2, 0) is 0 Å². The average Bonchev–Trinajstić information content (AvgIpc) is 1.56. The zero-order valence-electron chi connectivity index (χ0n) is 50.6. The van der Waals surface area contributed by atoms with Gasteiger partial charge in [-0.15, -0.1) is 0 Å². The number of nitrogens with zero attached hydrogens (tertiary/aromatic N) is 7. The molecule has 0 spiro atoms. The second-order valence-electron chi connectivity index (χ2n) is 24.1. The lowest BCUT2D eigenvalue weighted by atomic mass is 10.0. The number of furan rings is 1. The largest absolute Gasteiger partial charge is 0.456 e. The van der Waals surface area contributed by atoms with Gasteiger partial charge in [0.25, 0.3) is 0 Å². The van der Waals surface area contributed by atoms with Crippen LogP contribution >= 0.6 is 0 Å². The molecule has 6 aromatic heterocycles. The SMILES string of the molecule is c1ccc(-c2cc(-c3ccccc3-n3c4ccccc4c4cc5c(cc43)oc3ccccc35)nc(-c3cccc(-c4ccc(-n5c6ccccc6c6cc7c8ccccc8n(-c8ccccc8-c8cc(-c9ccccc9)nc(-c9ccccc9)n8)c7cc65)cc4)c3)n2)cc1. The van der Waals surface area contributed by atoms with Gasteiger partial charge in [0, 0.05) is 88.2 Å². The molecule has 0 saturated heterocycles. The van der Waals surface area contributed by atoms with Crippen LogP contribution in [0.5, 0.6) is 0 Å². The van der Waals surface area contributed by atoms with E-state index in [1.165, 1.54) is 26.9 Å². The van der Waals surface area contributed by atoms with Gasteiger partial charge in [0.1, 0.15) is 11.2 Å². The molecule has 438 valence electrons. The van der Waals surface area contributed by atoms with Gasteiger partial charge in [0.2, 0.25) is 0 Å². The summed E-state index contributed by atoms with van der Waals surface area (Å²) >= 11 is 0. The molecule has 0 N–H and O–H groups in total. The van der Waals surface area contributed by atoms with E-state index in [1.807, 2.05) is 42.5 Å². The molecule has 0 aliphatic carbocycles. The second-order valence-corrected chi connectivity index (χ2v) is 24.1. The summed E-state index contributed by atoms with van der Waals surface area (Å²) in [6.07, 6.45) is 0. The zero-order valence-corrected chi connectivity index (χ0v) is 50.6. The van der Waals surface area contributed by atoms with Crippen LogP contribution in [0.2, 0.25) is 0 Å². The first-order chi connectivity index (χ1) is 46.6. The first kappa shape index (κ1) is 53.1. The third kappa shape index (κ3) is 8.61. The zero-order chi connectivity index (χ0) is 61.8. The summed E-state index contributed by atoms with van der Waals surface area (Å²) in [6, 6.07) is 114. The summed E-state index contributed by atoms with van der Waals surface area (Å²) in [5, 5.41) is 9.27. The normalized spacial score (nSPS) is 11.8. The van der Waals surface area contributed by atoms with Crippen LogP contribution in [0.15, 0.2) is 326 Å². The standard InChI is InChI=1S/C86H53N7O/c1-4-23-55(24-5-1)71-50-73(89-85(87-71)57-27-8-3-9-28-57)65-35-13-19-40-78(65)92-76-38-17-11-32-62(76)68-48-67-61-31-10-16-37-75(61)91(80(67)52-81(68)92)60-45-43-54(44-46-60)58-29-22-30-59(47-58)86-88-72(56-25-6-2-7-26-56)51-74(90-86)66-36-14-20-41-79(66)93-77-39-18-12-33-63(77)69-49-70-64-34-15-21-42-83(64)94-84(70)53-82(69)93/h1-53H. The number of fused-ring (bicyclic) bond motifs is 12. The van der Waals surface area contributed by atoms with Crippen molar-refractivity contribution in [3.05, 3.63) is 322 Å². The van der Waals surface area contributed by atoms with Crippen molar-refractivity contribution in [3.63, 3.8) is 0 Å². The summed E-state index contributed by atoms with van der Waals surface area (Å²) in [6.45, 7) is 0. The van der Waals surface area contributed by atoms with Crippen LogP contribution in [0.3, 0.4) is 0 Å². The number of hydrogen-bond donors (Lipinski definition) is 0. The van der Waals surface area contributed by atoms with Crippen LogP contribution in [0.4, 0.5) is 0 Å². The fraction of sp³-hybridized carbons (Fsp3) is 0. The van der Waals surface area contributed by atoms with Crippen LogP contribution in [0.25, 0.3) is 183 Å². The number of para-hydroxylation sites is 6. The predicted octanol–water partition coefficient (Wildman–Crippen LogP) is 22.1. The summed E-state index contributed by atoms with van der Waals surface area (Å²) in [5.74, 6) is 1.31. The molecule has 0 aliphatic heterocycles. The molecule has 0 unspecified atom stereocenters. The molecular weight excluding hydrogens is 1150 g/mol. The van der Waals surface area contributed by atoms with Gasteiger partial charge in [-0.25, -0.2) is 19.9 Å². The van der Waals surface area contributed by atoms with Gasteiger partial charge in [-0.05, 0) is 96.1 Å². The predicted molar refractivity (Wildman–Crippen MR) is 386 cm³/mol. The van der Waals surface area contributed by atoms with Crippen molar-refractivity contribution in [1.29, 1.82) is 0 Å². The van der Waals surface area contributed by atoms with E-state index in [0.29, 0.717) is 11.6 Å². The quantitative estimate of drug-likeness (QED) is 0.136. The van der Waals surface area contributed by atoms with Gasteiger partial charge in [-0.2, -0.15) is 0 Å². The third-order valence-corrected chi connectivity index (χ3v) is 18.7. The lowest BCUT2D eigenvalue weighted by molar-refractivity contribution is 0.669. The van der Waals surface area contributed by atoms with E-state index >= 15 is 0 Å². The van der Waals surface area contributed by atoms with Gasteiger partial charge in [-0.1, -0.05) is 231 Å². The molecule has 19 aromatic rings. The van der Waals surface area contributed by atoms with Crippen molar-refractivity contribution in [2.75, 3.05) is 0 Å². The van der Waals surface area contributed by atoms with Crippen LogP contribution < -0.4 is 0 Å². The molecule has 0 aliphatic rings. The van der Waals surface area contributed by atoms with Crippen LogP contribution in [-0.4, -0.2) is 33.6 Å². The minimum Gasteiger partial charge on any atom is -0.456 e. The lowest BCUT2D eigenvalue weighted by Gasteiger charge is -2.16. The average molecular weight is 1200 g/mol. The van der Waals surface area contributed by atoms with Crippen molar-refractivity contribution < 1.29 is 4.42 Å². The van der Waals surface area contributed by atoms with Gasteiger partial charge in [0.05, 0.1) is 67.3 Å². The van der Waals surface area contributed by atoms with E-state index < -0.39 is 0 Å². The molecule has 0 radical (unpaired) electrons. The lowest BCUT2D eigenvalue weighted by Crippen LogP contribution is -2.01. The Kier molecular flexibility index (Phi) is 12.1. The van der Waals surface area contributed by atoms with E-state index in [0.717, 1.165) is 145 Å². The smallest absolute Gasteiger partial charge is 0.160 e. The van der Waals surface area contributed by atoms with Crippen molar-refractivity contribution >= 4 is 87.4 Å². The molecule has 0 bridgehead atoms. The first-order valence-corrected chi connectivity index (χ1v) is 31.8. The van der Waals surface area contributed by atoms with Crippen molar-refractivity contribution in [1.82, 2.24) is 33.6 Å². The van der Waals surface area contributed by atoms with Gasteiger partial charge in [-0.3, -0.25) is 0 Å². The van der Waals surface area contributed by atoms with Crippen LogP contribution in [0, 0.1) is 0 Å². The molecule has 0 fully saturated rings. The monoisotopic (exact) mass is 1200 g/mol. The summed E-state index contributed by atoms with van der Waals surface area (Å²) in [7, 11) is 0. The number of rotatable bonds is 10. The molecule has 6 heterocycles. The molecule has 13 aromatic carbocycles. The minimum atomic E-state index is 0.637. The molecule has 0 amide bonds. The Morgan fingerprint density at radius 2 is 0.628 bits per heavy atom. The number of aromatic nitrogens is 7. The highest BCUT2D eigenvalue weighted by Crippen LogP contribution is 2.44. The third-order valence-electron chi connectivity index (χ3n) is 18.7. The Morgan fingerprint density at radius 1 is 0.213 bits per heavy atom. The van der Waals surface area contributed by atoms with Gasteiger partial charge < -0.3 is 18.1 Å².